The van der Waals surface area contributed by atoms with Crippen molar-refractivity contribution in [2.45, 2.75) is 12.8 Å². The summed E-state index contributed by atoms with van der Waals surface area (Å²) < 4.78 is 5.30. The minimum atomic E-state index is -0.849. The Bertz CT molecular complexity index is 429. The molecule has 1 N–H and O–H groups in total. The highest BCUT2D eigenvalue weighted by Gasteiger charge is 1.94. The Morgan fingerprint density at radius 2 is 2.12 bits per heavy atom. The zero-order valence-electron chi connectivity index (χ0n) is 9.30. The Kier molecular flexibility index (Phi) is 5.32. The van der Waals surface area contributed by atoms with Gasteiger partial charge < -0.3 is 9.84 Å². The molecule has 0 unspecified atom stereocenters. The van der Waals surface area contributed by atoms with Crippen LogP contribution in [-0.4, -0.2) is 17.7 Å². The minimum Gasteiger partial charge on any atom is -0.493 e. The van der Waals surface area contributed by atoms with E-state index in [4.69, 9.17) is 15.1 Å². The molecular weight excluding hydrogens is 218 g/mol. The summed E-state index contributed by atoms with van der Waals surface area (Å²) in [7, 11) is 0. The van der Waals surface area contributed by atoms with E-state index in [1.54, 1.807) is 24.3 Å². The van der Waals surface area contributed by atoms with Gasteiger partial charge in [-0.15, -0.1) is 0 Å². The van der Waals surface area contributed by atoms with Crippen LogP contribution in [0.3, 0.4) is 0 Å². The second-order valence-corrected chi connectivity index (χ2v) is 3.33. The van der Waals surface area contributed by atoms with E-state index < -0.39 is 5.97 Å². The van der Waals surface area contributed by atoms with Gasteiger partial charge in [-0.05, 0) is 17.7 Å². The lowest BCUT2D eigenvalue weighted by atomic mass is 10.2. The van der Waals surface area contributed by atoms with Gasteiger partial charge in [0.15, 0.2) is 0 Å². The molecule has 0 bridgehead atoms. The Balaban J connectivity index is 2.47. The topological polar surface area (TPSA) is 70.3 Å². The normalized spacial score (nSPS) is 10.1. The number of hydrogen-bond acceptors (Lipinski definition) is 3. The van der Waals surface area contributed by atoms with Crippen LogP contribution in [0, 0.1) is 11.3 Å². The predicted octanol–water partition coefficient (Wildman–Crippen LogP) is 2.47. The molecule has 88 valence electrons. The van der Waals surface area contributed by atoms with Gasteiger partial charge in [0.25, 0.3) is 0 Å². The van der Waals surface area contributed by atoms with Gasteiger partial charge in [-0.3, -0.25) is 4.79 Å². The number of carboxylic acid groups (broad SMARTS) is 1. The van der Waals surface area contributed by atoms with Crippen molar-refractivity contribution in [1.82, 2.24) is 0 Å². The molecule has 0 spiro atoms. The lowest BCUT2D eigenvalue weighted by Crippen LogP contribution is -1.95. The molecule has 0 atom stereocenters. The molecule has 1 aromatic carbocycles. The molecule has 0 saturated heterocycles. The summed E-state index contributed by atoms with van der Waals surface area (Å²) in [6, 6.07) is 9.24. The van der Waals surface area contributed by atoms with Crippen molar-refractivity contribution in [1.29, 1.82) is 5.26 Å². The summed E-state index contributed by atoms with van der Waals surface area (Å²) >= 11 is 0. The largest absolute Gasteiger partial charge is 0.493 e. The first-order valence-corrected chi connectivity index (χ1v) is 5.20. The summed E-state index contributed by atoms with van der Waals surface area (Å²) in [5.74, 6) is -0.145. The van der Waals surface area contributed by atoms with E-state index >= 15 is 0 Å². The van der Waals surface area contributed by atoms with Crippen LogP contribution < -0.4 is 4.74 Å². The molecule has 0 radical (unpaired) electrons. The Morgan fingerprint density at radius 1 is 1.41 bits per heavy atom. The van der Waals surface area contributed by atoms with Crippen LogP contribution in [0.1, 0.15) is 18.4 Å². The standard InChI is InChI=1S/C13H13NO3/c14-9-2-10-17-12-7-5-11(6-8-12)3-1-4-13(15)16/h1,3,5-8H,2,4,10H2,(H,15,16). The third-order valence-electron chi connectivity index (χ3n) is 1.97. The summed E-state index contributed by atoms with van der Waals surface area (Å²) in [5, 5.41) is 16.8. The van der Waals surface area contributed by atoms with E-state index in [1.165, 1.54) is 0 Å². The number of carbonyl (C=O) groups is 1. The van der Waals surface area contributed by atoms with Gasteiger partial charge in [0, 0.05) is 0 Å². The van der Waals surface area contributed by atoms with Gasteiger partial charge in [0.1, 0.15) is 12.4 Å². The number of benzene rings is 1. The van der Waals surface area contributed by atoms with Gasteiger partial charge in [-0.1, -0.05) is 24.3 Å². The highest BCUT2D eigenvalue weighted by Crippen LogP contribution is 2.13. The molecule has 0 aliphatic rings. The fourth-order valence-electron chi connectivity index (χ4n) is 1.19. The molecular formula is C13H13NO3. The summed E-state index contributed by atoms with van der Waals surface area (Å²) in [5.41, 5.74) is 0.916. The number of nitrogens with zero attached hydrogens (tertiary/aromatic N) is 1. The van der Waals surface area contributed by atoms with Crippen molar-refractivity contribution in [3.63, 3.8) is 0 Å². The average molecular weight is 231 g/mol. The number of hydrogen-bond donors (Lipinski definition) is 1. The zero-order valence-corrected chi connectivity index (χ0v) is 9.30. The predicted molar refractivity (Wildman–Crippen MR) is 63.5 cm³/mol. The van der Waals surface area contributed by atoms with Crippen LogP contribution in [0.5, 0.6) is 5.75 Å². The Labute approximate surface area is 99.8 Å². The highest BCUT2D eigenvalue weighted by atomic mass is 16.5. The molecule has 0 aliphatic heterocycles. The van der Waals surface area contributed by atoms with Crippen LogP contribution in [0.4, 0.5) is 0 Å². The van der Waals surface area contributed by atoms with E-state index in [1.807, 2.05) is 18.2 Å². The van der Waals surface area contributed by atoms with Gasteiger partial charge in [-0.25, -0.2) is 0 Å². The monoisotopic (exact) mass is 231 g/mol. The first-order chi connectivity index (χ1) is 8.22. The van der Waals surface area contributed by atoms with Gasteiger partial charge in [-0.2, -0.15) is 5.26 Å². The van der Waals surface area contributed by atoms with Crippen molar-refractivity contribution >= 4 is 12.0 Å². The van der Waals surface area contributed by atoms with Crippen LogP contribution >= 0.6 is 0 Å². The van der Waals surface area contributed by atoms with Gasteiger partial charge in [0.05, 0.1) is 18.9 Å². The van der Waals surface area contributed by atoms with Crippen LogP contribution in [0.15, 0.2) is 30.3 Å². The van der Waals surface area contributed by atoms with Crippen molar-refractivity contribution in [3.8, 4) is 11.8 Å². The summed E-state index contributed by atoms with van der Waals surface area (Å²) in [4.78, 5) is 10.3. The number of carboxylic acids is 1. The molecule has 0 aliphatic carbocycles. The molecule has 0 fully saturated rings. The van der Waals surface area contributed by atoms with Crippen molar-refractivity contribution in [2.24, 2.45) is 0 Å². The fourth-order valence-corrected chi connectivity index (χ4v) is 1.19. The Hall–Kier alpha value is -2.28. The quantitative estimate of drug-likeness (QED) is 0.763. The third kappa shape index (κ3) is 5.38. The second kappa shape index (κ2) is 7.07. The first-order valence-electron chi connectivity index (χ1n) is 5.20. The van der Waals surface area contributed by atoms with Crippen LogP contribution in [0.25, 0.3) is 6.08 Å². The maximum atomic E-state index is 10.3. The van der Waals surface area contributed by atoms with Crippen molar-refractivity contribution in [2.75, 3.05) is 6.61 Å². The SMILES string of the molecule is N#CCCOc1ccc(C=CCC(=O)O)cc1. The van der Waals surface area contributed by atoms with E-state index in [0.717, 1.165) is 5.56 Å². The van der Waals surface area contributed by atoms with Crippen LogP contribution in [-0.2, 0) is 4.79 Å². The highest BCUT2D eigenvalue weighted by molar-refractivity contribution is 5.70. The number of aliphatic carboxylic acids is 1. The molecule has 1 aromatic rings. The molecule has 0 saturated carbocycles. The molecule has 1 rings (SSSR count). The molecule has 0 aromatic heterocycles. The van der Waals surface area contributed by atoms with E-state index in [0.29, 0.717) is 18.8 Å². The van der Waals surface area contributed by atoms with Gasteiger partial charge in [0.2, 0.25) is 0 Å². The fraction of sp³-hybridized carbons (Fsp3) is 0.231. The molecule has 4 heteroatoms. The maximum absolute atomic E-state index is 10.3. The lowest BCUT2D eigenvalue weighted by molar-refractivity contribution is -0.135. The molecule has 17 heavy (non-hydrogen) atoms. The Morgan fingerprint density at radius 3 is 2.71 bits per heavy atom. The minimum absolute atomic E-state index is 0.0143. The first kappa shape index (κ1) is 12.8. The summed E-state index contributed by atoms with van der Waals surface area (Å²) in [6.07, 6.45) is 3.71. The molecule has 4 nitrogen and oxygen atoms in total. The van der Waals surface area contributed by atoms with E-state index in [9.17, 15) is 4.79 Å². The van der Waals surface area contributed by atoms with Crippen molar-refractivity contribution in [3.05, 3.63) is 35.9 Å². The van der Waals surface area contributed by atoms with Crippen molar-refractivity contribution < 1.29 is 14.6 Å². The lowest BCUT2D eigenvalue weighted by Gasteiger charge is -2.03. The zero-order chi connectivity index (χ0) is 12.5. The smallest absolute Gasteiger partial charge is 0.307 e. The molecule has 0 heterocycles. The second-order valence-electron chi connectivity index (χ2n) is 3.33. The van der Waals surface area contributed by atoms with Gasteiger partial charge >= 0.3 is 5.97 Å². The molecule has 0 amide bonds. The van der Waals surface area contributed by atoms with E-state index in [2.05, 4.69) is 0 Å². The average Bonchev–Trinajstić information content (AvgIpc) is 2.31. The maximum Gasteiger partial charge on any atom is 0.307 e. The van der Waals surface area contributed by atoms with Crippen LogP contribution in [0.2, 0.25) is 0 Å². The number of ether oxygens (including phenoxy) is 1. The number of rotatable bonds is 6. The summed E-state index contributed by atoms with van der Waals surface area (Å²) in [6.45, 7) is 0.380. The number of nitriles is 1. The third-order valence-corrected chi connectivity index (χ3v) is 1.97. The van der Waals surface area contributed by atoms with E-state index in [-0.39, 0.29) is 6.42 Å².